The predicted octanol–water partition coefficient (Wildman–Crippen LogP) is 3.30. The fraction of sp³-hybridized carbons (Fsp3) is 0.458. The number of piperazine rings is 1. The third kappa shape index (κ3) is 5.02. The average molecular weight is 437 g/mol. The van der Waals surface area contributed by atoms with Crippen LogP contribution >= 0.6 is 0 Å². The molecule has 0 unspecified atom stereocenters. The summed E-state index contributed by atoms with van der Waals surface area (Å²) in [5.74, 6) is 2.24. The molecular weight excluding hydrogens is 404 g/mol. The first-order chi connectivity index (χ1) is 15.5. The van der Waals surface area contributed by atoms with Gasteiger partial charge < -0.3 is 15.0 Å². The summed E-state index contributed by atoms with van der Waals surface area (Å²) in [6.45, 7) is 11.3. The van der Waals surface area contributed by atoms with Crippen LogP contribution in [0.5, 0.6) is 5.75 Å². The number of hydrogen-bond donors (Lipinski definition) is 1. The third-order valence-electron chi connectivity index (χ3n) is 5.58. The summed E-state index contributed by atoms with van der Waals surface area (Å²) in [4.78, 5) is 26.1. The fourth-order valence-corrected chi connectivity index (χ4v) is 3.91. The van der Waals surface area contributed by atoms with Gasteiger partial charge in [0.05, 0.1) is 13.2 Å². The van der Waals surface area contributed by atoms with Gasteiger partial charge in [0.15, 0.2) is 5.65 Å². The molecule has 1 fully saturated rings. The van der Waals surface area contributed by atoms with Crippen LogP contribution in [0.2, 0.25) is 0 Å². The van der Waals surface area contributed by atoms with E-state index in [1.165, 1.54) is 0 Å². The lowest BCUT2D eigenvalue weighted by Gasteiger charge is -2.34. The van der Waals surface area contributed by atoms with Gasteiger partial charge in [-0.15, -0.1) is 0 Å². The second-order valence-corrected chi connectivity index (χ2v) is 8.48. The number of aromatic nitrogens is 3. The molecule has 1 saturated heterocycles. The Morgan fingerprint density at radius 3 is 2.56 bits per heavy atom. The van der Waals surface area contributed by atoms with Crippen molar-refractivity contribution in [3.05, 3.63) is 48.4 Å². The molecule has 8 heteroatoms. The summed E-state index contributed by atoms with van der Waals surface area (Å²) >= 11 is 0. The molecule has 0 saturated carbocycles. The van der Waals surface area contributed by atoms with Crippen molar-refractivity contribution >= 4 is 17.2 Å². The average Bonchev–Trinajstić information content (AvgIpc) is 3.16. The van der Waals surface area contributed by atoms with Gasteiger partial charge in [0.25, 0.3) is 0 Å². The number of nitrogens with zero attached hydrogens (tertiary/aromatic N) is 5. The number of urea groups is 1. The van der Waals surface area contributed by atoms with Crippen LogP contribution in [-0.4, -0.2) is 69.7 Å². The molecule has 170 valence electrons. The first kappa shape index (κ1) is 22.1. The number of hydrogen-bond acceptors (Lipinski definition) is 5. The summed E-state index contributed by atoms with van der Waals surface area (Å²) < 4.78 is 7.71. The Hall–Kier alpha value is -3.13. The lowest BCUT2D eigenvalue weighted by molar-refractivity contribution is 0.133. The molecule has 2 aromatic heterocycles. The maximum absolute atomic E-state index is 12.4. The summed E-state index contributed by atoms with van der Waals surface area (Å²) in [5, 5.41) is 3.01. The molecular formula is C24H32N6O2. The number of imidazole rings is 1. The van der Waals surface area contributed by atoms with Crippen molar-refractivity contribution in [1.82, 2.24) is 29.7 Å². The number of rotatable bonds is 7. The number of ether oxygens (including phenoxy) is 1. The fourth-order valence-electron chi connectivity index (χ4n) is 3.91. The van der Waals surface area contributed by atoms with Crippen molar-refractivity contribution in [1.29, 1.82) is 0 Å². The Kier molecular flexibility index (Phi) is 6.90. The normalized spacial score (nSPS) is 14.8. The predicted molar refractivity (Wildman–Crippen MR) is 125 cm³/mol. The zero-order valence-electron chi connectivity index (χ0n) is 19.1. The molecule has 3 heterocycles. The van der Waals surface area contributed by atoms with E-state index >= 15 is 0 Å². The minimum absolute atomic E-state index is 0.0316. The standard InChI is InChI=1S/C24H32N6O2/c1-4-32-20-9-7-19(8-10-20)30-22(27-21-6-5-11-25-23(21)30)17-28-12-14-29(15-13-28)24(31)26-16-18(2)3/h5-11,18H,4,12-17H2,1-3H3,(H,26,31). The molecule has 1 N–H and O–H groups in total. The number of benzene rings is 1. The lowest BCUT2D eigenvalue weighted by Crippen LogP contribution is -2.52. The molecule has 1 aliphatic heterocycles. The highest BCUT2D eigenvalue weighted by Gasteiger charge is 2.23. The highest BCUT2D eigenvalue weighted by atomic mass is 16.5. The Balaban J connectivity index is 1.49. The molecule has 1 aliphatic rings. The van der Waals surface area contributed by atoms with Crippen molar-refractivity contribution in [2.45, 2.75) is 27.3 Å². The molecule has 0 radical (unpaired) electrons. The van der Waals surface area contributed by atoms with E-state index in [4.69, 9.17) is 9.72 Å². The van der Waals surface area contributed by atoms with Crippen LogP contribution in [-0.2, 0) is 6.54 Å². The minimum atomic E-state index is 0.0316. The molecule has 2 amide bonds. The summed E-state index contributed by atoms with van der Waals surface area (Å²) in [6, 6.07) is 12.0. The number of pyridine rings is 1. The van der Waals surface area contributed by atoms with Crippen LogP contribution in [0.15, 0.2) is 42.6 Å². The van der Waals surface area contributed by atoms with E-state index in [1.54, 1.807) is 6.20 Å². The van der Waals surface area contributed by atoms with Gasteiger partial charge in [-0.1, -0.05) is 13.8 Å². The highest BCUT2D eigenvalue weighted by molar-refractivity contribution is 5.74. The molecule has 0 atom stereocenters. The lowest BCUT2D eigenvalue weighted by atomic mass is 10.2. The first-order valence-corrected chi connectivity index (χ1v) is 11.4. The largest absolute Gasteiger partial charge is 0.494 e. The van der Waals surface area contributed by atoms with Gasteiger partial charge in [-0.3, -0.25) is 9.47 Å². The summed E-state index contributed by atoms with van der Waals surface area (Å²) in [6.07, 6.45) is 1.80. The maximum atomic E-state index is 12.4. The van der Waals surface area contributed by atoms with Crippen LogP contribution in [0.3, 0.4) is 0 Å². The first-order valence-electron chi connectivity index (χ1n) is 11.4. The van der Waals surface area contributed by atoms with Crippen molar-refractivity contribution in [3.8, 4) is 11.4 Å². The van der Waals surface area contributed by atoms with Gasteiger partial charge >= 0.3 is 6.03 Å². The number of nitrogens with one attached hydrogen (secondary N) is 1. The van der Waals surface area contributed by atoms with Crippen molar-refractivity contribution in [3.63, 3.8) is 0 Å². The van der Waals surface area contributed by atoms with Crippen molar-refractivity contribution in [2.24, 2.45) is 5.92 Å². The van der Waals surface area contributed by atoms with Crippen molar-refractivity contribution < 1.29 is 9.53 Å². The molecule has 4 rings (SSSR count). The summed E-state index contributed by atoms with van der Waals surface area (Å²) in [7, 11) is 0. The number of amides is 2. The minimum Gasteiger partial charge on any atom is -0.494 e. The highest BCUT2D eigenvalue weighted by Crippen LogP contribution is 2.23. The molecule has 8 nitrogen and oxygen atoms in total. The smallest absolute Gasteiger partial charge is 0.317 e. The van der Waals surface area contributed by atoms with Crippen molar-refractivity contribution in [2.75, 3.05) is 39.3 Å². The SMILES string of the molecule is CCOc1ccc(-n2c(CN3CCN(C(=O)NCC(C)C)CC3)nc3cccnc32)cc1. The molecule has 3 aromatic rings. The zero-order valence-corrected chi connectivity index (χ0v) is 19.1. The topological polar surface area (TPSA) is 75.5 Å². The van der Waals surface area contributed by atoms with Gasteiger partial charge in [0, 0.05) is 44.6 Å². The quantitative estimate of drug-likeness (QED) is 0.615. The summed E-state index contributed by atoms with van der Waals surface area (Å²) in [5.41, 5.74) is 2.73. The second-order valence-electron chi connectivity index (χ2n) is 8.48. The Bertz CT molecular complexity index is 1040. The van der Waals surface area contributed by atoms with Gasteiger partial charge in [-0.25, -0.2) is 14.8 Å². The monoisotopic (exact) mass is 436 g/mol. The number of carbonyl (C=O) groups excluding carboxylic acids is 1. The second kappa shape index (κ2) is 9.99. The van der Waals surface area contributed by atoms with E-state index < -0.39 is 0 Å². The van der Waals surface area contributed by atoms with E-state index in [1.807, 2.05) is 48.2 Å². The molecule has 0 aliphatic carbocycles. The Morgan fingerprint density at radius 2 is 1.88 bits per heavy atom. The van der Waals surface area contributed by atoms with E-state index in [2.05, 4.69) is 33.6 Å². The molecule has 32 heavy (non-hydrogen) atoms. The van der Waals surface area contributed by atoms with Gasteiger partial charge in [0.2, 0.25) is 0 Å². The van der Waals surface area contributed by atoms with Crippen LogP contribution in [0.1, 0.15) is 26.6 Å². The van der Waals surface area contributed by atoms with Gasteiger partial charge in [0.1, 0.15) is 17.1 Å². The van der Waals surface area contributed by atoms with Crippen LogP contribution < -0.4 is 10.1 Å². The van der Waals surface area contributed by atoms with E-state index in [0.717, 1.165) is 41.5 Å². The van der Waals surface area contributed by atoms with E-state index in [9.17, 15) is 4.79 Å². The van der Waals surface area contributed by atoms with Crippen LogP contribution in [0.4, 0.5) is 4.79 Å². The van der Waals surface area contributed by atoms with Gasteiger partial charge in [-0.05, 0) is 49.2 Å². The van der Waals surface area contributed by atoms with Crippen LogP contribution in [0, 0.1) is 5.92 Å². The Morgan fingerprint density at radius 1 is 1.12 bits per heavy atom. The molecule has 0 bridgehead atoms. The van der Waals surface area contributed by atoms with E-state index in [-0.39, 0.29) is 6.03 Å². The maximum Gasteiger partial charge on any atom is 0.317 e. The number of fused-ring (bicyclic) bond motifs is 1. The zero-order chi connectivity index (χ0) is 22.5. The van der Waals surface area contributed by atoms with E-state index in [0.29, 0.717) is 38.7 Å². The Labute approximate surface area is 189 Å². The van der Waals surface area contributed by atoms with Crippen LogP contribution in [0.25, 0.3) is 16.9 Å². The molecule has 0 spiro atoms. The third-order valence-corrected chi connectivity index (χ3v) is 5.58. The van der Waals surface area contributed by atoms with Gasteiger partial charge in [-0.2, -0.15) is 0 Å². The number of carbonyl (C=O) groups is 1. The molecule has 1 aromatic carbocycles.